The van der Waals surface area contributed by atoms with Crippen molar-refractivity contribution in [3.8, 4) is 5.75 Å². The maximum atomic E-state index is 13.1. The van der Waals surface area contributed by atoms with E-state index in [1.807, 2.05) is 0 Å². The van der Waals surface area contributed by atoms with Crippen LogP contribution in [0.1, 0.15) is 16.1 Å². The molecule has 1 unspecified atom stereocenters. The standard InChI is InChI=1S/C16H23N3O5.ClH/c1-23-13-8-14(21)19-5-4-17-3-2-12(19)15(13)16(22)18-6-7-24-10-11(20)9-18;/h8,11,17,20H,2-7,9-10H2,1H3;1H. The summed E-state index contributed by atoms with van der Waals surface area (Å²) in [5.41, 5.74) is 0.935. The molecule has 0 bridgehead atoms. The number of hydrogen-bond donors (Lipinski definition) is 2. The molecule has 0 spiro atoms. The largest absolute Gasteiger partial charge is 0.496 e. The summed E-state index contributed by atoms with van der Waals surface area (Å²) in [5.74, 6) is 0.0554. The Balaban J connectivity index is 0.00000225. The number of rotatable bonds is 2. The Bertz CT molecular complexity index is 678. The van der Waals surface area contributed by atoms with E-state index in [2.05, 4.69) is 5.32 Å². The number of carbonyl (C=O) groups excluding carboxylic acids is 1. The quantitative estimate of drug-likeness (QED) is 0.709. The molecule has 1 saturated heterocycles. The topological polar surface area (TPSA) is 93.0 Å². The van der Waals surface area contributed by atoms with Gasteiger partial charge < -0.3 is 29.4 Å². The van der Waals surface area contributed by atoms with E-state index in [4.69, 9.17) is 9.47 Å². The molecule has 2 aliphatic rings. The van der Waals surface area contributed by atoms with E-state index in [0.29, 0.717) is 50.5 Å². The SMILES string of the molecule is COc1cc(=O)n2c(c1C(=O)N1CCOCC(O)C1)CCNCC2.Cl. The number of halogens is 1. The van der Waals surface area contributed by atoms with E-state index in [-0.39, 0.29) is 42.8 Å². The molecule has 0 saturated carbocycles. The van der Waals surface area contributed by atoms with Gasteiger partial charge in [0.2, 0.25) is 0 Å². The highest BCUT2D eigenvalue weighted by Crippen LogP contribution is 2.24. The molecule has 2 N–H and O–H groups in total. The van der Waals surface area contributed by atoms with E-state index < -0.39 is 6.10 Å². The summed E-state index contributed by atoms with van der Waals surface area (Å²) >= 11 is 0. The van der Waals surface area contributed by atoms with Crippen LogP contribution in [0.25, 0.3) is 0 Å². The van der Waals surface area contributed by atoms with E-state index >= 15 is 0 Å². The average molecular weight is 374 g/mol. The lowest BCUT2D eigenvalue weighted by atomic mass is 10.1. The number of β-amino-alcohol motifs (C(OH)–C–C–N with tert-alkyl or cyclic N) is 1. The predicted molar refractivity (Wildman–Crippen MR) is 93.8 cm³/mol. The molecule has 1 fully saturated rings. The van der Waals surface area contributed by atoms with Gasteiger partial charge in [-0.2, -0.15) is 0 Å². The highest BCUT2D eigenvalue weighted by molar-refractivity contribution is 5.98. The molecule has 1 aromatic heterocycles. The van der Waals surface area contributed by atoms with Crippen LogP contribution in [0.2, 0.25) is 0 Å². The Hall–Kier alpha value is -1.61. The van der Waals surface area contributed by atoms with Crippen molar-refractivity contribution in [2.24, 2.45) is 0 Å². The van der Waals surface area contributed by atoms with E-state index in [0.717, 1.165) is 0 Å². The first-order valence-corrected chi connectivity index (χ1v) is 8.18. The number of methoxy groups -OCH3 is 1. The minimum Gasteiger partial charge on any atom is -0.496 e. The molecule has 25 heavy (non-hydrogen) atoms. The van der Waals surface area contributed by atoms with Crippen LogP contribution < -0.4 is 15.6 Å². The Labute approximate surface area is 152 Å². The van der Waals surface area contributed by atoms with E-state index in [9.17, 15) is 14.7 Å². The number of nitrogens with zero attached hydrogens (tertiary/aromatic N) is 2. The molecular weight excluding hydrogens is 350 g/mol. The number of nitrogens with one attached hydrogen (secondary N) is 1. The average Bonchev–Trinajstić information content (AvgIpc) is 2.94. The minimum atomic E-state index is -0.714. The molecule has 3 rings (SSSR count). The van der Waals surface area contributed by atoms with Gasteiger partial charge in [0.25, 0.3) is 11.5 Å². The Morgan fingerprint density at radius 3 is 2.96 bits per heavy atom. The highest BCUT2D eigenvalue weighted by Gasteiger charge is 2.29. The van der Waals surface area contributed by atoms with Gasteiger partial charge >= 0.3 is 0 Å². The van der Waals surface area contributed by atoms with Crippen LogP contribution >= 0.6 is 12.4 Å². The number of pyridine rings is 1. The number of aliphatic hydroxyl groups excluding tert-OH is 1. The molecular formula is C16H24ClN3O5. The number of hydrogen-bond acceptors (Lipinski definition) is 6. The van der Waals surface area contributed by atoms with E-state index in [1.165, 1.54) is 13.2 Å². The molecule has 0 aliphatic carbocycles. The van der Waals surface area contributed by atoms with Crippen LogP contribution in [0.15, 0.2) is 10.9 Å². The van der Waals surface area contributed by atoms with Crippen molar-refractivity contribution in [3.63, 3.8) is 0 Å². The van der Waals surface area contributed by atoms with Crippen molar-refractivity contribution in [3.05, 3.63) is 27.7 Å². The van der Waals surface area contributed by atoms with Crippen LogP contribution in [0, 0.1) is 0 Å². The van der Waals surface area contributed by atoms with Crippen LogP contribution in [0.3, 0.4) is 0 Å². The number of ether oxygens (including phenoxy) is 2. The highest BCUT2D eigenvalue weighted by atomic mass is 35.5. The van der Waals surface area contributed by atoms with Crippen molar-refractivity contribution in [1.82, 2.24) is 14.8 Å². The Kier molecular flexibility index (Phi) is 6.83. The zero-order valence-corrected chi connectivity index (χ0v) is 15.0. The summed E-state index contributed by atoms with van der Waals surface area (Å²) in [6, 6.07) is 1.37. The van der Waals surface area contributed by atoms with Gasteiger partial charge in [-0.25, -0.2) is 0 Å². The number of carbonyl (C=O) groups is 1. The predicted octanol–water partition coefficient (Wildman–Crippen LogP) is -0.742. The second kappa shape index (κ2) is 8.66. The summed E-state index contributed by atoms with van der Waals surface area (Å²) in [4.78, 5) is 27.0. The van der Waals surface area contributed by atoms with Crippen LogP contribution in [-0.2, 0) is 17.7 Å². The lowest BCUT2D eigenvalue weighted by molar-refractivity contribution is 0.0533. The third-order valence-electron chi connectivity index (χ3n) is 4.40. The van der Waals surface area contributed by atoms with E-state index in [1.54, 1.807) is 9.47 Å². The lowest BCUT2D eigenvalue weighted by Gasteiger charge is -2.25. The van der Waals surface area contributed by atoms with Gasteiger partial charge in [0.15, 0.2) is 0 Å². The van der Waals surface area contributed by atoms with Crippen molar-refractivity contribution in [2.45, 2.75) is 19.1 Å². The summed E-state index contributed by atoms with van der Waals surface area (Å²) in [6.45, 7) is 3.10. The molecule has 9 heteroatoms. The molecule has 1 amide bonds. The molecule has 3 heterocycles. The Morgan fingerprint density at radius 2 is 2.20 bits per heavy atom. The monoisotopic (exact) mass is 373 g/mol. The van der Waals surface area contributed by atoms with Crippen molar-refractivity contribution >= 4 is 18.3 Å². The molecule has 0 radical (unpaired) electrons. The van der Waals surface area contributed by atoms with Gasteiger partial charge in [0.05, 0.1) is 26.4 Å². The summed E-state index contributed by atoms with van der Waals surface area (Å²) < 4.78 is 12.3. The molecule has 1 atom stereocenters. The van der Waals surface area contributed by atoms with Crippen molar-refractivity contribution in [1.29, 1.82) is 0 Å². The molecule has 0 aromatic carbocycles. The first kappa shape index (κ1) is 19.7. The fourth-order valence-electron chi connectivity index (χ4n) is 3.23. The van der Waals surface area contributed by atoms with Gasteiger partial charge in [0.1, 0.15) is 11.3 Å². The van der Waals surface area contributed by atoms with Crippen LogP contribution in [-0.4, -0.2) is 73.1 Å². The number of aromatic nitrogens is 1. The fourth-order valence-corrected chi connectivity index (χ4v) is 3.23. The maximum absolute atomic E-state index is 13.1. The second-order valence-electron chi connectivity index (χ2n) is 6.00. The summed E-state index contributed by atoms with van der Waals surface area (Å²) in [6.07, 6.45) is -0.144. The molecule has 1 aromatic rings. The summed E-state index contributed by atoms with van der Waals surface area (Å²) in [5, 5.41) is 13.1. The van der Waals surface area contributed by atoms with Gasteiger partial charge in [-0.05, 0) is 0 Å². The third-order valence-corrected chi connectivity index (χ3v) is 4.40. The number of amides is 1. The van der Waals surface area contributed by atoms with Gasteiger partial charge in [-0.3, -0.25) is 9.59 Å². The van der Waals surface area contributed by atoms with Crippen LogP contribution in [0.5, 0.6) is 5.75 Å². The third kappa shape index (κ3) is 4.14. The summed E-state index contributed by atoms with van der Waals surface area (Å²) in [7, 11) is 1.46. The maximum Gasteiger partial charge on any atom is 0.259 e. The number of fused-ring (bicyclic) bond motifs is 1. The zero-order valence-electron chi connectivity index (χ0n) is 14.2. The van der Waals surface area contributed by atoms with Crippen molar-refractivity contribution in [2.75, 3.05) is 46.5 Å². The van der Waals surface area contributed by atoms with Gasteiger partial charge in [-0.15, -0.1) is 12.4 Å². The first-order chi connectivity index (χ1) is 11.6. The Morgan fingerprint density at radius 1 is 1.40 bits per heavy atom. The molecule has 8 nitrogen and oxygen atoms in total. The number of aliphatic hydroxyl groups is 1. The fraction of sp³-hybridized carbons (Fsp3) is 0.625. The van der Waals surface area contributed by atoms with Gasteiger partial charge in [0, 0.05) is 50.9 Å². The zero-order chi connectivity index (χ0) is 17.1. The van der Waals surface area contributed by atoms with Crippen molar-refractivity contribution < 1.29 is 19.4 Å². The smallest absolute Gasteiger partial charge is 0.259 e. The second-order valence-corrected chi connectivity index (χ2v) is 6.00. The molecule has 2 aliphatic heterocycles. The lowest BCUT2D eigenvalue weighted by Crippen LogP contribution is -2.39. The first-order valence-electron chi connectivity index (χ1n) is 8.18. The minimum absolute atomic E-state index is 0. The molecule has 140 valence electrons. The normalized spacial score (nSPS) is 20.7. The van der Waals surface area contributed by atoms with Gasteiger partial charge in [-0.1, -0.05) is 0 Å². The van der Waals surface area contributed by atoms with Crippen LogP contribution in [0.4, 0.5) is 0 Å².